The van der Waals surface area contributed by atoms with Crippen molar-refractivity contribution in [3.63, 3.8) is 0 Å². The van der Waals surface area contributed by atoms with Crippen LogP contribution in [0.1, 0.15) is 25.2 Å². The Morgan fingerprint density at radius 2 is 1.78 bits per heavy atom. The lowest BCUT2D eigenvalue weighted by Crippen LogP contribution is -2.31. The summed E-state index contributed by atoms with van der Waals surface area (Å²) < 4.78 is 2.08. The minimum absolute atomic E-state index is 0.0211. The van der Waals surface area contributed by atoms with Crippen molar-refractivity contribution in [2.45, 2.75) is 32.3 Å². The highest BCUT2D eigenvalue weighted by atomic mass is 32.2. The summed E-state index contributed by atoms with van der Waals surface area (Å²) in [6, 6.07) is 18.1. The molecule has 0 spiro atoms. The van der Waals surface area contributed by atoms with Crippen molar-refractivity contribution >= 4 is 23.4 Å². The average molecular weight is 381 g/mol. The molecule has 6 heteroatoms. The second-order valence-electron chi connectivity index (χ2n) is 6.26. The Hall–Kier alpha value is -2.60. The Labute approximate surface area is 164 Å². The second-order valence-corrected chi connectivity index (χ2v) is 7.49. The van der Waals surface area contributed by atoms with E-state index in [0.717, 1.165) is 28.1 Å². The van der Waals surface area contributed by atoms with Crippen LogP contribution in [-0.4, -0.2) is 33.0 Å². The molecule has 0 aliphatic heterocycles. The number of hydrogen-bond donors (Lipinski definition) is 0. The average Bonchev–Trinajstić information content (AvgIpc) is 3.07. The number of thioether (sulfide) groups is 1. The van der Waals surface area contributed by atoms with Crippen LogP contribution in [0.25, 0.3) is 5.69 Å². The van der Waals surface area contributed by atoms with Crippen molar-refractivity contribution in [2.24, 2.45) is 0 Å². The number of para-hydroxylation sites is 1. The van der Waals surface area contributed by atoms with Crippen LogP contribution < -0.4 is 4.90 Å². The van der Waals surface area contributed by atoms with E-state index >= 15 is 0 Å². The number of benzene rings is 2. The van der Waals surface area contributed by atoms with Crippen molar-refractivity contribution in [1.82, 2.24) is 14.8 Å². The maximum absolute atomic E-state index is 12.2. The van der Waals surface area contributed by atoms with Gasteiger partial charge in [0.05, 0.1) is 0 Å². The van der Waals surface area contributed by atoms with Crippen molar-refractivity contribution < 1.29 is 4.79 Å². The fourth-order valence-electron chi connectivity index (χ4n) is 2.93. The molecule has 3 rings (SSSR count). The van der Waals surface area contributed by atoms with Crippen LogP contribution in [-0.2, 0) is 11.2 Å². The minimum atomic E-state index is 0.0211. The summed E-state index contributed by atoms with van der Waals surface area (Å²) >= 11 is 1.66. The highest BCUT2D eigenvalue weighted by Crippen LogP contribution is 2.23. The maximum Gasteiger partial charge on any atom is 0.223 e. The van der Waals surface area contributed by atoms with Gasteiger partial charge in [0.15, 0.2) is 5.16 Å². The Bertz CT molecular complexity index is 890. The third kappa shape index (κ3) is 4.57. The zero-order chi connectivity index (χ0) is 19.2. The number of hydrogen-bond acceptors (Lipinski definition) is 4. The molecular formula is C21H24N4OS. The standard InChI is InChI=1S/C21H24N4OS/c1-4-27-21-23-22-20(25(21)19-8-6-5-7-9-19)14-15-24(17(3)26)18-12-10-16(2)11-13-18/h5-13H,4,14-15H2,1-3H3. The molecule has 1 aromatic heterocycles. The van der Waals surface area contributed by atoms with Crippen LogP contribution in [0.15, 0.2) is 59.8 Å². The predicted molar refractivity (Wildman–Crippen MR) is 111 cm³/mol. The van der Waals surface area contributed by atoms with Crippen LogP contribution >= 0.6 is 11.8 Å². The van der Waals surface area contributed by atoms with Gasteiger partial charge in [-0.15, -0.1) is 10.2 Å². The zero-order valence-electron chi connectivity index (χ0n) is 15.9. The van der Waals surface area contributed by atoms with Gasteiger partial charge < -0.3 is 4.90 Å². The van der Waals surface area contributed by atoms with Gasteiger partial charge in [-0.2, -0.15) is 0 Å². The Balaban J connectivity index is 1.86. The van der Waals surface area contributed by atoms with Crippen molar-refractivity contribution in [3.8, 4) is 5.69 Å². The SMILES string of the molecule is CCSc1nnc(CCN(C(C)=O)c2ccc(C)cc2)n1-c1ccccc1. The van der Waals surface area contributed by atoms with Crippen molar-refractivity contribution in [1.29, 1.82) is 0 Å². The van der Waals surface area contributed by atoms with Gasteiger partial charge in [0.2, 0.25) is 5.91 Å². The number of amides is 1. The van der Waals surface area contributed by atoms with E-state index in [4.69, 9.17) is 0 Å². The molecular weight excluding hydrogens is 356 g/mol. The lowest BCUT2D eigenvalue weighted by molar-refractivity contribution is -0.116. The van der Waals surface area contributed by atoms with E-state index in [0.29, 0.717) is 13.0 Å². The van der Waals surface area contributed by atoms with Crippen LogP contribution in [0.4, 0.5) is 5.69 Å². The molecule has 0 saturated heterocycles. The van der Waals surface area contributed by atoms with E-state index in [1.165, 1.54) is 5.56 Å². The van der Waals surface area contributed by atoms with Gasteiger partial charge in [-0.3, -0.25) is 9.36 Å². The van der Waals surface area contributed by atoms with E-state index in [-0.39, 0.29) is 5.91 Å². The predicted octanol–water partition coefficient (Wildman–Crippen LogP) is 4.28. The number of aromatic nitrogens is 3. The summed E-state index contributed by atoms with van der Waals surface area (Å²) in [7, 11) is 0. The summed E-state index contributed by atoms with van der Waals surface area (Å²) in [6.45, 7) is 6.29. The topological polar surface area (TPSA) is 51.0 Å². The number of rotatable bonds is 7. The van der Waals surface area contributed by atoms with Gasteiger partial charge in [-0.05, 0) is 36.9 Å². The lowest BCUT2D eigenvalue weighted by atomic mass is 10.2. The second kappa shape index (κ2) is 8.86. The van der Waals surface area contributed by atoms with Gasteiger partial charge in [-0.25, -0.2) is 0 Å². The maximum atomic E-state index is 12.2. The number of anilines is 1. The molecule has 0 saturated carbocycles. The van der Waals surface area contributed by atoms with Crippen LogP contribution in [0.5, 0.6) is 0 Å². The van der Waals surface area contributed by atoms with Crippen LogP contribution in [0.2, 0.25) is 0 Å². The van der Waals surface area contributed by atoms with E-state index in [1.54, 1.807) is 23.6 Å². The number of nitrogens with zero attached hydrogens (tertiary/aromatic N) is 4. The number of aryl methyl sites for hydroxylation is 1. The Morgan fingerprint density at radius 3 is 2.41 bits per heavy atom. The summed E-state index contributed by atoms with van der Waals surface area (Å²) in [4.78, 5) is 14.0. The molecule has 0 aliphatic carbocycles. The minimum Gasteiger partial charge on any atom is -0.312 e. The molecule has 0 unspecified atom stereocenters. The molecule has 3 aromatic rings. The first-order chi connectivity index (χ1) is 13.1. The smallest absolute Gasteiger partial charge is 0.223 e. The summed E-state index contributed by atoms with van der Waals surface area (Å²) in [6.07, 6.45) is 0.625. The van der Waals surface area contributed by atoms with Gasteiger partial charge in [0.1, 0.15) is 5.82 Å². The summed E-state index contributed by atoms with van der Waals surface area (Å²) in [5.74, 6) is 1.80. The lowest BCUT2D eigenvalue weighted by Gasteiger charge is -2.21. The summed E-state index contributed by atoms with van der Waals surface area (Å²) in [5, 5.41) is 9.64. The highest BCUT2D eigenvalue weighted by molar-refractivity contribution is 7.99. The van der Waals surface area contributed by atoms with Crippen molar-refractivity contribution in [3.05, 3.63) is 66.0 Å². The summed E-state index contributed by atoms with van der Waals surface area (Å²) in [5.41, 5.74) is 3.12. The first kappa shape index (κ1) is 19.2. The molecule has 1 heterocycles. The molecule has 0 radical (unpaired) electrons. The third-order valence-corrected chi connectivity index (χ3v) is 5.08. The molecule has 5 nitrogen and oxygen atoms in total. The van der Waals surface area contributed by atoms with Crippen LogP contribution in [0.3, 0.4) is 0 Å². The Morgan fingerprint density at radius 1 is 1.07 bits per heavy atom. The largest absolute Gasteiger partial charge is 0.312 e. The molecule has 0 bridgehead atoms. The number of carbonyl (C=O) groups excluding carboxylic acids is 1. The molecule has 0 fully saturated rings. The van der Waals surface area contributed by atoms with Gasteiger partial charge in [-0.1, -0.05) is 54.6 Å². The van der Waals surface area contributed by atoms with Crippen LogP contribution in [0, 0.1) is 6.92 Å². The normalized spacial score (nSPS) is 10.8. The Kier molecular flexibility index (Phi) is 6.29. The first-order valence-electron chi connectivity index (χ1n) is 9.07. The third-order valence-electron chi connectivity index (χ3n) is 4.27. The van der Waals surface area contributed by atoms with Gasteiger partial charge in [0, 0.05) is 31.3 Å². The molecule has 27 heavy (non-hydrogen) atoms. The molecule has 140 valence electrons. The fraction of sp³-hybridized carbons (Fsp3) is 0.286. The van der Waals surface area contributed by atoms with E-state index in [1.807, 2.05) is 49.4 Å². The molecule has 1 amide bonds. The van der Waals surface area contributed by atoms with Crippen molar-refractivity contribution in [2.75, 3.05) is 17.2 Å². The highest BCUT2D eigenvalue weighted by Gasteiger charge is 2.17. The van der Waals surface area contributed by atoms with E-state index in [2.05, 4.69) is 33.8 Å². The quantitative estimate of drug-likeness (QED) is 0.574. The zero-order valence-corrected chi connectivity index (χ0v) is 16.7. The van der Waals surface area contributed by atoms with E-state index < -0.39 is 0 Å². The van der Waals surface area contributed by atoms with E-state index in [9.17, 15) is 4.79 Å². The molecule has 0 aliphatic rings. The monoisotopic (exact) mass is 380 g/mol. The molecule has 2 aromatic carbocycles. The molecule has 0 N–H and O–H groups in total. The van der Waals surface area contributed by atoms with Gasteiger partial charge in [0.25, 0.3) is 0 Å². The molecule has 0 atom stereocenters. The first-order valence-corrected chi connectivity index (χ1v) is 10.1. The number of carbonyl (C=O) groups is 1. The fourth-order valence-corrected chi connectivity index (χ4v) is 3.62. The van der Waals surface area contributed by atoms with Gasteiger partial charge >= 0.3 is 0 Å².